The number of carbonyl (C=O) groups is 1. The second-order valence-corrected chi connectivity index (χ2v) is 6.49. The van der Waals surface area contributed by atoms with Crippen molar-refractivity contribution in [3.63, 3.8) is 0 Å². The molecule has 0 saturated heterocycles. The first-order valence-electron chi connectivity index (χ1n) is 7.48. The van der Waals surface area contributed by atoms with Gasteiger partial charge in [0.2, 0.25) is 0 Å². The lowest BCUT2D eigenvalue weighted by Gasteiger charge is -2.23. The number of aromatic amines is 1. The average molecular weight is 295 g/mol. The molecule has 2 atom stereocenters. The van der Waals surface area contributed by atoms with Crippen LogP contribution >= 0.6 is 0 Å². The maximum absolute atomic E-state index is 11.7. The van der Waals surface area contributed by atoms with Crippen LogP contribution < -0.4 is 10.6 Å². The van der Waals surface area contributed by atoms with Crippen molar-refractivity contribution in [2.45, 2.75) is 58.2 Å². The van der Waals surface area contributed by atoms with Gasteiger partial charge in [-0.25, -0.2) is 9.78 Å². The number of nitrogens with zero attached hydrogens (tertiary/aromatic N) is 2. The van der Waals surface area contributed by atoms with Crippen LogP contribution in [-0.2, 0) is 11.3 Å². The summed E-state index contributed by atoms with van der Waals surface area (Å²) < 4.78 is 5.26. The summed E-state index contributed by atoms with van der Waals surface area (Å²) in [5, 5.41) is 13.0. The molecule has 1 aliphatic carbocycles. The van der Waals surface area contributed by atoms with Gasteiger partial charge in [0.05, 0.1) is 6.54 Å². The number of alkyl carbamates (subject to hydrolysis) is 1. The monoisotopic (exact) mass is 295 g/mol. The third-order valence-corrected chi connectivity index (χ3v) is 3.56. The molecule has 1 aliphatic rings. The zero-order valence-corrected chi connectivity index (χ0v) is 13.0. The standard InChI is InChI=1S/C14H25N5O2/c1-14(2,3)21-13(20)16-7-10-5-4-6-11(10)15-8-12-17-9-18-19-12/h9-11,15H,4-8H2,1-3H3,(H,16,20)(H,17,18,19). The fourth-order valence-corrected chi connectivity index (χ4v) is 2.62. The topological polar surface area (TPSA) is 91.9 Å². The molecular formula is C14H25N5O2. The Balaban J connectivity index is 1.73. The molecule has 7 nitrogen and oxygen atoms in total. The summed E-state index contributed by atoms with van der Waals surface area (Å²) in [5.41, 5.74) is -0.455. The maximum Gasteiger partial charge on any atom is 0.407 e. The van der Waals surface area contributed by atoms with Crippen molar-refractivity contribution in [1.82, 2.24) is 25.8 Å². The van der Waals surface area contributed by atoms with Crippen molar-refractivity contribution < 1.29 is 9.53 Å². The smallest absolute Gasteiger partial charge is 0.407 e. The van der Waals surface area contributed by atoms with Crippen LogP contribution in [0, 0.1) is 5.92 Å². The van der Waals surface area contributed by atoms with Gasteiger partial charge in [-0.2, -0.15) is 5.10 Å². The second-order valence-electron chi connectivity index (χ2n) is 6.49. The number of carbonyl (C=O) groups excluding carboxylic acids is 1. The molecule has 3 N–H and O–H groups in total. The normalized spacial score (nSPS) is 22.2. The van der Waals surface area contributed by atoms with E-state index in [-0.39, 0.29) is 6.09 Å². The highest BCUT2D eigenvalue weighted by atomic mass is 16.6. The Kier molecular flexibility index (Phi) is 5.17. The van der Waals surface area contributed by atoms with Crippen molar-refractivity contribution in [2.75, 3.05) is 6.54 Å². The molecule has 118 valence electrons. The molecule has 1 aromatic heterocycles. The third-order valence-electron chi connectivity index (χ3n) is 3.56. The minimum atomic E-state index is -0.455. The molecule has 0 radical (unpaired) electrons. The van der Waals surface area contributed by atoms with Crippen LogP contribution in [0.2, 0.25) is 0 Å². The molecule has 0 spiro atoms. The van der Waals surface area contributed by atoms with Gasteiger partial charge in [-0.05, 0) is 39.5 Å². The molecule has 0 bridgehead atoms. The van der Waals surface area contributed by atoms with E-state index in [0.717, 1.165) is 18.7 Å². The first-order valence-corrected chi connectivity index (χ1v) is 7.48. The van der Waals surface area contributed by atoms with E-state index in [1.807, 2.05) is 20.8 Å². The van der Waals surface area contributed by atoms with Gasteiger partial charge in [0.1, 0.15) is 17.8 Å². The van der Waals surface area contributed by atoms with E-state index >= 15 is 0 Å². The highest BCUT2D eigenvalue weighted by molar-refractivity contribution is 5.67. The molecule has 1 heterocycles. The molecule has 1 aromatic rings. The van der Waals surface area contributed by atoms with E-state index < -0.39 is 5.60 Å². The van der Waals surface area contributed by atoms with Gasteiger partial charge in [0, 0.05) is 12.6 Å². The minimum Gasteiger partial charge on any atom is -0.444 e. The molecule has 1 fully saturated rings. The number of H-pyrrole nitrogens is 1. The van der Waals surface area contributed by atoms with Crippen LogP contribution in [0.25, 0.3) is 0 Å². The van der Waals surface area contributed by atoms with Crippen LogP contribution in [0.1, 0.15) is 45.9 Å². The molecule has 0 aromatic carbocycles. The zero-order valence-electron chi connectivity index (χ0n) is 13.0. The van der Waals surface area contributed by atoms with Gasteiger partial charge >= 0.3 is 6.09 Å². The van der Waals surface area contributed by atoms with Crippen molar-refractivity contribution in [2.24, 2.45) is 5.92 Å². The van der Waals surface area contributed by atoms with Gasteiger partial charge in [-0.15, -0.1) is 0 Å². The van der Waals surface area contributed by atoms with Gasteiger partial charge in [0.15, 0.2) is 0 Å². The summed E-state index contributed by atoms with van der Waals surface area (Å²) in [5.74, 6) is 1.26. The maximum atomic E-state index is 11.7. The molecule has 2 rings (SSSR count). The van der Waals surface area contributed by atoms with Gasteiger partial charge in [0.25, 0.3) is 0 Å². The molecule has 1 saturated carbocycles. The summed E-state index contributed by atoms with van der Waals surface area (Å²) in [4.78, 5) is 15.8. The number of nitrogens with one attached hydrogen (secondary N) is 3. The quantitative estimate of drug-likeness (QED) is 0.767. The molecule has 21 heavy (non-hydrogen) atoms. The van der Waals surface area contributed by atoms with Crippen LogP contribution in [0.4, 0.5) is 4.79 Å². The van der Waals surface area contributed by atoms with Crippen molar-refractivity contribution >= 4 is 6.09 Å². The fourth-order valence-electron chi connectivity index (χ4n) is 2.62. The lowest BCUT2D eigenvalue weighted by Crippen LogP contribution is -2.40. The Morgan fingerprint density at radius 2 is 2.29 bits per heavy atom. The third kappa shape index (κ3) is 5.34. The predicted octanol–water partition coefficient (Wildman–Crippen LogP) is 1.59. The van der Waals surface area contributed by atoms with Crippen molar-refractivity contribution in [3.05, 3.63) is 12.2 Å². The van der Waals surface area contributed by atoms with Crippen LogP contribution in [0.3, 0.4) is 0 Å². The Labute approximate surface area is 125 Å². The number of ether oxygens (including phenoxy) is 1. The average Bonchev–Trinajstić information content (AvgIpc) is 3.03. The summed E-state index contributed by atoms with van der Waals surface area (Å²) >= 11 is 0. The second kappa shape index (κ2) is 6.89. The van der Waals surface area contributed by atoms with E-state index in [9.17, 15) is 4.79 Å². The molecular weight excluding hydrogens is 270 g/mol. The van der Waals surface area contributed by atoms with Crippen molar-refractivity contribution in [3.8, 4) is 0 Å². The largest absolute Gasteiger partial charge is 0.444 e. The summed E-state index contributed by atoms with van der Waals surface area (Å²) in [6.07, 6.45) is 4.57. The summed E-state index contributed by atoms with van der Waals surface area (Å²) in [6.45, 7) is 6.91. The first kappa shape index (κ1) is 15.8. The summed E-state index contributed by atoms with van der Waals surface area (Å²) in [6, 6.07) is 0.394. The van der Waals surface area contributed by atoms with Crippen molar-refractivity contribution in [1.29, 1.82) is 0 Å². The molecule has 0 aliphatic heterocycles. The predicted molar refractivity (Wildman–Crippen MR) is 78.6 cm³/mol. The Morgan fingerprint density at radius 1 is 1.48 bits per heavy atom. The van der Waals surface area contributed by atoms with Gasteiger partial charge in [-0.1, -0.05) is 6.42 Å². The highest BCUT2D eigenvalue weighted by Gasteiger charge is 2.28. The zero-order chi connectivity index (χ0) is 15.3. The number of hydrogen-bond donors (Lipinski definition) is 3. The molecule has 7 heteroatoms. The van der Waals surface area contributed by atoms with Gasteiger partial charge < -0.3 is 15.4 Å². The number of aromatic nitrogens is 3. The Hall–Kier alpha value is -1.63. The Morgan fingerprint density at radius 3 is 2.95 bits per heavy atom. The number of rotatable bonds is 5. The SMILES string of the molecule is CC(C)(C)OC(=O)NCC1CCCC1NCc1ncn[nH]1. The molecule has 1 amide bonds. The van der Waals surface area contributed by atoms with Crippen LogP contribution in [0.15, 0.2) is 6.33 Å². The lowest BCUT2D eigenvalue weighted by molar-refractivity contribution is 0.0517. The van der Waals surface area contributed by atoms with Gasteiger partial charge in [-0.3, -0.25) is 5.10 Å². The van der Waals surface area contributed by atoms with Crippen LogP contribution in [0.5, 0.6) is 0 Å². The number of hydrogen-bond acceptors (Lipinski definition) is 5. The number of amides is 1. The first-order chi connectivity index (χ1) is 9.94. The van der Waals surface area contributed by atoms with E-state index in [1.165, 1.54) is 12.7 Å². The lowest BCUT2D eigenvalue weighted by atomic mass is 10.0. The minimum absolute atomic E-state index is 0.344. The van der Waals surface area contributed by atoms with E-state index in [0.29, 0.717) is 25.0 Å². The molecule has 2 unspecified atom stereocenters. The highest BCUT2D eigenvalue weighted by Crippen LogP contribution is 2.25. The summed E-state index contributed by atoms with van der Waals surface area (Å²) in [7, 11) is 0. The fraction of sp³-hybridized carbons (Fsp3) is 0.786. The van der Waals surface area contributed by atoms with E-state index in [2.05, 4.69) is 25.8 Å². The van der Waals surface area contributed by atoms with E-state index in [1.54, 1.807) is 0 Å². The Bertz CT molecular complexity index is 441. The van der Waals surface area contributed by atoms with E-state index in [4.69, 9.17) is 4.74 Å². The van der Waals surface area contributed by atoms with Crippen LogP contribution in [-0.4, -0.2) is 39.5 Å².